The van der Waals surface area contributed by atoms with Gasteiger partial charge in [0, 0.05) is 23.0 Å². The summed E-state index contributed by atoms with van der Waals surface area (Å²) in [6, 6.07) is 4.05. The van der Waals surface area contributed by atoms with Crippen LogP contribution in [0.25, 0.3) is 0 Å². The Kier molecular flexibility index (Phi) is 3.95. The molecular weight excluding hydrogens is 234 g/mol. The molecule has 1 saturated heterocycles. The van der Waals surface area contributed by atoms with Crippen molar-refractivity contribution in [2.24, 2.45) is 5.92 Å². The van der Waals surface area contributed by atoms with Crippen molar-refractivity contribution in [3.8, 4) is 5.75 Å². The van der Waals surface area contributed by atoms with E-state index in [-0.39, 0.29) is 0 Å². The van der Waals surface area contributed by atoms with Crippen LogP contribution in [0.4, 0.5) is 0 Å². The predicted molar refractivity (Wildman–Crippen MR) is 72.0 cm³/mol. The van der Waals surface area contributed by atoms with E-state index >= 15 is 0 Å². The van der Waals surface area contributed by atoms with E-state index in [0.29, 0.717) is 5.92 Å². The van der Waals surface area contributed by atoms with E-state index in [1.807, 2.05) is 19.9 Å². The maximum absolute atomic E-state index is 6.15. The van der Waals surface area contributed by atoms with Crippen LogP contribution in [0.5, 0.6) is 5.75 Å². The van der Waals surface area contributed by atoms with E-state index in [2.05, 4.69) is 18.0 Å². The highest BCUT2D eigenvalue weighted by atomic mass is 35.5. The SMILES string of the molecule is Cc1cc(Cl)c(C)c(OCC2CCN(C)C2)c1. The molecular formula is C14H20ClNO. The number of rotatable bonds is 3. The summed E-state index contributed by atoms with van der Waals surface area (Å²) in [4.78, 5) is 2.35. The molecule has 2 nitrogen and oxygen atoms in total. The molecule has 1 aliphatic rings. The maximum Gasteiger partial charge on any atom is 0.123 e. The molecule has 1 fully saturated rings. The number of ether oxygens (including phenoxy) is 1. The van der Waals surface area contributed by atoms with Crippen molar-refractivity contribution in [1.82, 2.24) is 4.90 Å². The number of nitrogens with zero attached hydrogens (tertiary/aromatic N) is 1. The van der Waals surface area contributed by atoms with Crippen molar-refractivity contribution in [2.45, 2.75) is 20.3 Å². The predicted octanol–water partition coefficient (Wildman–Crippen LogP) is 3.29. The van der Waals surface area contributed by atoms with Crippen molar-refractivity contribution in [1.29, 1.82) is 0 Å². The molecule has 0 amide bonds. The fourth-order valence-electron chi connectivity index (χ4n) is 2.30. The topological polar surface area (TPSA) is 12.5 Å². The lowest BCUT2D eigenvalue weighted by Crippen LogP contribution is -2.18. The molecule has 0 N–H and O–H groups in total. The summed E-state index contributed by atoms with van der Waals surface area (Å²) in [6.07, 6.45) is 1.23. The van der Waals surface area contributed by atoms with Crippen LogP contribution < -0.4 is 4.74 Å². The Morgan fingerprint density at radius 3 is 2.82 bits per heavy atom. The molecule has 0 aromatic heterocycles. The highest BCUT2D eigenvalue weighted by Gasteiger charge is 2.20. The van der Waals surface area contributed by atoms with Crippen molar-refractivity contribution in [3.05, 3.63) is 28.3 Å². The fraction of sp³-hybridized carbons (Fsp3) is 0.571. The van der Waals surface area contributed by atoms with Gasteiger partial charge in [0.15, 0.2) is 0 Å². The van der Waals surface area contributed by atoms with Crippen LogP contribution in [0.15, 0.2) is 12.1 Å². The zero-order valence-corrected chi connectivity index (χ0v) is 11.5. The molecule has 0 aliphatic carbocycles. The van der Waals surface area contributed by atoms with Crippen LogP contribution in [0.2, 0.25) is 5.02 Å². The minimum Gasteiger partial charge on any atom is -0.493 e. The number of halogens is 1. The van der Waals surface area contributed by atoms with Gasteiger partial charge in [-0.25, -0.2) is 0 Å². The molecule has 2 rings (SSSR count). The first kappa shape index (κ1) is 12.7. The van der Waals surface area contributed by atoms with Crippen LogP contribution in [-0.2, 0) is 0 Å². The van der Waals surface area contributed by atoms with Crippen molar-refractivity contribution in [2.75, 3.05) is 26.7 Å². The fourth-order valence-corrected chi connectivity index (χ4v) is 2.57. The molecule has 0 spiro atoms. The molecule has 1 aliphatic heterocycles. The summed E-state index contributed by atoms with van der Waals surface area (Å²) >= 11 is 6.15. The molecule has 17 heavy (non-hydrogen) atoms. The highest BCUT2D eigenvalue weighted by molar-refractivity contribution is 6.31. The summed E-state index contributed by atoms with van der Waals surface area (Å²) in [5, 5.41) is 0.795. The normalized spacial score (nSPS) is 20.8. The second kappa shape index (κ2) is 5.28. The molecule has 1 aromatic carbocycles. The molecule has 0 bridgehead atoms. The van der Waals surface area contributed by atoms with Crippen molar-refractivity contribution in [3.63, 3.8) is 0 Å². The summed E-state index contributed by atoms with van der Waals surface area (Å²) in [7, 11) is 2.16. The van der Waals surface area contributed by atoms with Gasteiger partial charge in [0.1, 0.15) is 5.75 Å². The third-order valence-electron chi connectivity index (χ3n) is 3.40. The van der Waals surface area contributed by atoms with Gasteiger partial charge in [-0.1, -0.05) is 11.6 Å². The summed E-state index contributed by atoms with van der Waals surface area (Å²) in [5.74, 6) is 1.59. The van der Waals surface area contributed by atoms with E-state index in [1.165, 1.54) is 13.0 Å². The second-order valence-electron chi connectivity index (χ2n) is 5.10. The average molecular weight is 254 g/mol. The van der Waals surface area contributed by atoms with Gasteiger partial charge in [-0.2, -0.15) is 0 Å². The van der Waals surface area contributed by atoms with Gasteiger partial charge in [-0.3, -0.25) is 0 Å². The lowest BCUT2D eigenvalue weighted by Gasteiger charge is -2.15. The molecule has 1 heterocycles. The zero-order chi connectivity index (χ0) is 12.4. The van der Waals surface area contributed by atoms with Crippen LogP contribution >= 0.6 is 11.6 Å². The first-order chi connectivity index (χ1) is 8.06. The molecule has 94 valence electrons. The minimum atomic E-state index is 0.652. The summed E-state index contributed by atoms with van der Waals surface area (Å²) in [6.45, 7) is 7.17. The Balaban J connectivity index is 1.99. The first-order valence-electron chi connectivity index (χ1n) is 6.14. The molecule has 0 radical (unpaired) electrons. The van der Waals surface area contributed by atoms with E-state index in [0.717, 1.165) is 35.1 Å². The monoisotopic (exact) mass is 253 g/mol. The number of benzene rings is 1. The number of likely N-dealkylation sites (tertiary alicyclic amines) is 1. The van der Waals surface area contributed by atoms with Crippen LogP contribution in [-0.4, -0.2) is 31.6 Å². The average Bonchev–Trinajstić information content (AvgIpc) is 2.67. The van der Waals surface area contributed by atoms with Crippen molar-refractivity contribution >= 4 is 11.6 Å². The lowest BCUT2D eigenvalue weighted by molar-refractivity contribution is 0.247. The van der Waals surface area contributed by atoms with Crippen molar-refractivity contribution < 1.29 is 4.74 Å². The molecule has 3 heteroatoms. The third-order valence-corrected chi connectivity index (χ3v) is 3.80. The van der Waals surface area contributed by atoms with Gasteiger partial charge < -0.3 is 9.64 Å². The molecule has 0 saturated carbocycles. The maximum atomic E-state index is 6.15. The first-order valence-corrected chi connectivity index (χ1v) is 6.52. The van der Waals surface area contributed by atoms with Crippen LogP contribution in [0, 0.1) is 19.8 Å². The lowest BCUT2D eigenvalue weighted by atomic mass is 10.1. The van der Waals surface area contributed by atoms with E-state index in [1.54, 1.807) is 0 Å². The second-order valence-corrected chi connectivity index (χ2v) is 5.51. The Bertz CT molecular complexity index is 405. The number of hydrogen-bond acceptors (Lipinski definition) is 2. The Morgan fingerprint density at radius 1 is 1.41 bits per heavy atom. The van der Waals surface area contributed by atoms with E-state index in [4.69, 9.17) is 16.3 Å². The van der Waals surface area contributed by atoms with Gasteiger partial charge in [0.2, 0.25) is 0 Å². The Hall–Kier alpha value is -0.730. The van der Waals surface area contributed by atoms with E-state index < -0.39 is 0 Å². The smallest absolute Gasteiger partial charge is 0.123 e. The number of hydrogen-bond donors (Lipinski definition) is 0. The molecule has 1 unspecified atom stereocenters. The van der Waals surface area contributed by atoms with Gasteiger partial charge >= 0.3 is 0 Å². The van der Waals surface area contributed by atoms with E-state index in [9.17, 15) is 0 Å². The van der Waals surface area contributed by atoms with Crippen LogP contribution in [0.3, 0.4) is 0 Å². The van der Waals surface area contributed by atoms with Gasteiger partial charge in [-0.05, 0) is 51.6 Å². The standard InChI is InChI=1S/C14H20ClNO/c1-10-6-13(15)11(2)14(7-10)17-9-12-4-5-16(3)8-12/h6-7,12H,4-5,8-9H2,1-3H3. The largest absolute Gasteiger partial charge is 0.493 e. The summed E-state index contributed by atoms with van der Waals surface area (Å²) < 4.78 is 5.92. The Labute approximate surface area is 109 Å². The minimum absolute atomic E-state index is 0.652. The van der Waals surface area contributed by atoms with Gasteiger partial charge in [0.05, 0.1) is 6.61 Å². The molecule has 1 atom stereocenters. The molecule has 1 aromatic rings. The quantitative estimate of drug-likeness (QED) is 0.820. The van der Waals surface area contributed by atoms with Gasteiger partial charge in [-0.15, -0.1) is 0 Å². The zero-order valence-electron chi connectivity index (χ0n) is 10.8. The highest BCUT2D eigenvalue weighted by Crippen LogP contribution is 2.28. The third kappa shape index (κ3) is 3.14. The Morgan fingerprint density at radius 2 is 2.18 bits per heavy atom. The number of aryl methyl sites for hydroxylation is 1. The van der Waals surface area contributed by atoms with Gasteiger partial charge in [0.25, 0.3) is 0 Å². The van der Waals surface area contributed by atoms with Crippen LogP contribution in [0.1, 0.15) is 17.5 Å². The summed E-state index contributed by atoms with van der Waals surface area (Å²) in [5.41, 5.74) is 2.20.